The normalized spacial score (nSPS) is 12.9. The van der Waals surface area contributed by atoms with Gasteiger partial charge in [0.2, 0.25) is 10.0 Å². The van der Waals surface area contributed by atoms with E-state index >= 15 is 0 Å². The molecule has 1 atom stereocenters. The van der Waals surface area contributed by atoms with Gasteiger partial charge in [0, 0.05) is 11.1 Å². The highest BCUT2D eigenvalue weighted by atomic mass is 35.5. The molecule has 0 aliphatic carbocycles. The van der Waals surface area contributed by atoms with Crippen LogP contribution >= 0.6 is 22.9 Å². The van der Waals surface area contributed by atoms with Crippen LogP contribution in [0.2, 0.25) is 5.02 Å². The average Bonchev–Trinajstić information content (AvgIpc) is 3.05. The van der Waals surface area contributed by atoms with Gasteiger partial charge in [0.1, 0.15) is 0 Å². The Balaban J connectivity index is 1.64. The average molecular weight is 487 g/mol. The molecule has 3 aromatic carbocycles. The molecule has 4 rings (SSSR count). The van der Waals surface area contributed by atoms with Gasteiger partial charge in [0.05, 0.1) is 21.7 Å². The number of sulfonamides is 1. The van der Waals surface area contributed by atoms with E-state index in [1.807, 2.05) is 57.2 Å². The van der Waals surface area contributed by atoms with Gasteiger partial charge in [0.25, 0.3) is 0 Å². The van der Waals surface area contributed by atoms with Crippen molar-refractivity contribution in [3.63, 3.8) is 0 Å². The number of aryl methyl sites for hydroxylation is 2. The zero-order valence-electron chi connectivity index (χ0n) is 17.9. The highest BCUT2D eigenvalue weighted by Gasteiger charge is 2.20. The number of benzene rings is 3. The Hall–Kier alpha value is -2.45. The molecule has 0 saturated heterocycles. The number of hydrogen-bond donors (Lipinski definition) is 1. The molecule has 1 aromatic heterocycles. The number of fused-ring (bicyclic) bond motifs is 1. The summed E-state index contributed by atoms with van der Waals surface area (Å²) in [6.45, 7) is 6.17. The van der Waals surface area contributed by atoms with E-state index in [1.165, 1.54) is 6.07 Å². The molecule has 1 N–H and O–H groups in total. The van der Waals surface area contributed by atoms with Crippen LogP contribution in [-0.4, -0.2) is 13.0 Å². The van der Waals surface area contributed by atoms with Crippen LogP contribution in [0, 0.1) is 13.8 Å². The topological polar surface area (TPSA) is 68.2 Å². The number of thiazole rings is 1. The van der Waals surface area contributed by atoms with Gasteiger partial charge in [-0.3, -0.25) is 9.36 Å². The van der Waals surface area contributed by atoms with E-state index in [0.29, 0.717) is 21.8 Å². The highest BCUT2D eigenvalue weighted by molar-refractivity contribution is 7.89. The van der Waals surface area contributed by atoms with Gasteiger partial charge >= 0.3 is 4.87 Å². The van der Waals surface area contributed by atoms with Crippen molar-refractivity contribution in [2.45, 2.75) is 38.3 Å². The van der Waals surface area contributed by atoms with E-state index in [-0.39, 0.29) is 9.77 Å². The number of nitrogens with one attached hydrogen (secondary N) is 1. The Labute approximate surface area is 196 Å². The molecular formula is C24H23ClN2O3S2. The molecule has 0 aliphatic heterocycles. The maximum atomic E-state index is 13.0. The van der Waals surface area contributed by atoms with Crippen molar-refractivity contribution in [3.8, 4) is 0 Å². The predicted molar refractivity (Wildman–Crippen MR) is 131 cm³/mol. The van der Waals surface area contributed by atoms with E-state index in [1.54, 1.807) is 22.8 Å². The number of nitrogens with zero attached hydrogens (tertiary/aromatic N) is 1. The fourth-order valence-electron chi connectivity index (χ4n) is 3.56. The highest BCUT2D eigenvalue weighted by Crippen LogP contribution is 2.25. The summed E-state index contributed by atoms with van der Waals surface area (Å²) in [4.78, 5) is 12.6. The fraction of sp³-hybridized carbons (Fsp3) is 0.208. The van der Waals surface area contributed by atoms with Gasteiger partial charge in [-0.15, -0.1) is 0 Å². The van der Waals surface area contributed by atoms with Crippen molar-refractivity contribution < 1.29 is 8.42 Å². The number of halogens is 1. The molecule has 0 saturated carbocycles. The molecule has 8 heteroatoms. The molecule has 5 nitrogen and oxygen atoms in total. The molecule has 4 aromatic rings. The van der Waals surface area contributed by atoms with Gasteiger partial charge in [-0.2, -0.15) is 0 Å². The van der Waals surface area contributed by atoms with Crippen molar-refractivity contribution in [2.24, 2.45) is 0 Å². The monoisotopic (exact) mass is 486 g/mol. The molecule has 0 bridgehead atoms. The molecule has 166 valence electrons. The largest absolute Gasteiger partial charge is 0.308 e. The second-order valence-corrected chi connectivity index (χ2v) is 11.0. The van der Waals surface area contributed by atoms with Gasteiger partial charge < -0.3 is 0 Å². The molecule has 1 heterocycles. The Kier molecular flexibility index (Phi) is 6.27. The molecule has 0 spiro atoms. The number of rotatable bonds is 6. The maximum Gasteiger partial charge on any atom is 0.308 e. The summed E-state index contributed by atoms with van der Waals surface area (Å²) in [5, 5.41) is 0.586. The Morgan fingerprint density at radius 3 is 2.50 bits per heavy atom. The minimum Gasteiger partial charge on any atom is -0.294 e. The van der Waals surface area contributed by atoms with Crippen LogP contribution in [0.15, 0.2) is 70.4 Å². The molecule has 0 aliphatic rings. The lowest BCUT2D eigenvalue weighted by Crippen LogP contribution is -2.27. The molecule has 0 amide bonds. The third-order valence-electron chi connectivity index (χ3n) is 5.60. The third-order valence-corrected chi connectivity index (χ3v) is 8.45. The van der Waals surface area contributed by atoms with Gasteiger partial charge in [-0.1, -0.05) is 59.3 Å². The summed E-state index contributed by atoms with van der Waals surface area (Å²) in [6.07, 6.45) is 0. The molecular weight excluding hydrogens is 464 g/mol. The summed E-state index contributed by atoms with van der Waals surface area (Å²) < 4.78 is 31.0. The smallest absolute Gasteiger partial charge is 0.294 e. The van der Waals surface area contributed by atoms with Crippen LogP contribution in [0.25, 0.3) is 10.2 Å². The predicted octanol–water partition coefficient (Wildman–Crippen LogP) is 5.42. The van der Waals surface area contributed by atoms with Crippen molar-refractivity contribution in [3.05, 3.63) is 97.6 Å². The van der Waals surface area contributed by atoms with E-state index in [2.05, 4.69) is 4.72 Å². The standard InChI is InChI=1S/C24H23ClN2O3S2/c1-15-8-9-18(12-16(15)2)17(3)26-32(29,30)20-10-11-22-23(13-20)31-24(28)27(22)14-19-6-4-5-7-21(19)25/h4-13,17,26H,14H2,1-3H3/t17-/m0/s1. The fourth-order valence-corrected chi connectivity index (χ4v) is 6.02. The summed E-state index contributed by atoms with van der Waals surface area (Å²) in [7, 11) is -3.77. The summed E-state index contributed by atoms with van der Waals surface area (Å²) in [5.74, 6) is 0. The molecule has 32 heavy (non-hydrogen) atoms. The van der Waals surface area contributed by atoms with Crippen LogP contribution in [0.1, 0.15) is 35.2 Å². The SMILES string of the molecule is Cc1ccc([C@H](C)NS(=O)(=O)c2ccc3c(c2)sc(=O)n3Cc2ccccc2Cl)cc1C. The van der Waals surface area contributed by atoms with Crippen LogP contribution < -0.4 is 9.60 Å². The van der Waals surface area contributed by atoms with E-state index < -0.39 is 16.1 Å². The molecule has 0 radical (unpaired) electrons. The Bertz CT molecular complexity index is 1470. The van der Waals surface area contributed by atoms with Crippen molar-refractivity contribution in [2.75, 3.05) is 0 Å². The first-order valence-electron chi connectivity index (χ1n) is 10.1. The Morgan fingerprint density at radius 2 is 1.78 bits per heavy atom. The zero-order valence-corrected chi connectivity index (χ0v) is 20.3. The van der Waals surface area contributed by atoms with Crippen LogP contribution in [-0.2, 0) is 16.6 Å². The summed E-state index contributed by atoms with van der Waals surface area (Å²) >= 11 is 7.27. The van der Waals surface area contributed by atoms with Crippen molar-refractivity contribution in [1.29, 1.82) is 0 Å². The minimum absolute atomic E-state index is 0.131. The lowest BCUT2D eigenvalue weighted by molar-refractivity contribution is 0.567. The summed E-state index contributed by atoms with van der Waals surface area (Å²) in [6, 6.07) is 17.6. The first-order chi connectivity index (χ1) is 15.2. The lowest BCUT2D eigenvalue weighted by atomic mass is 10.0. The quantitative estimate of drug-likeness (QED) is 0.395. The van der Waals surface area contributed by atoms with E-state index in [9.17, 15) is 13.2 Å². The van der Waals surface area contributed by atoms with Crippen LogP contribution in [0.3, 0.4) is 0 Å². The van der Waals surface area contributed by atoms with E-state index in [4.69, 9.17) is 11.6 Å². The van der Waals surface area contributed by atoms with Gasteiger partial charge in [-0.05, 0) is 67.3 Å². The van der Waals surface area contributed by atoms with Crippen LogP contribution in [0.5, 0.6) is 0 Å². The number of hydrogen-bond acceptors (Lipinski definition) is 4. The minimum atomic E-state index is -3.77. The third kappa shape index (κ3) is 4.52. The van der Waals surface area contributed by atoms with Gasteiger partial charge in [0.15, 0.2) is 0 Å². The second kappa shape index (κ2) is 8.83. The maximum absolute atomic E-state index is 13.0. The first-order valence-corrected chi connectivity index (χ1v) is 12.8. The zero-order chi connectivity index (χ0) is 23.0. The van der Waals surface area contributed by atoms with Crippen LogP contribution in [0.4, 0.5) is 0 Å². The lowest BCUT2D eigenvalue weighted by Gasteiger charge is -2.16. The molecule has 0 unspecified atom stereocenters. The second-order valence-electron chi connectivity index (χ2n) is 7.86. The molecule has 0 fully saturated rings. The van der Waals surface area contributed by atoms with Gasteiger partial charge in [-0.25, -0.2) is 13.1 Å². The number of aromatic nitrogens is 1. The summed E-state index contributed by atoms with van der Waals surface area (Å²) in [5.41, 5.74) is 4.68. The Morgan fingerprint density at radius 1 is 1.03 bits per heavy atom. The van der Waals surface area contributed by atoms with E-state index in [0.717, 1.165) is 33.6 Å². The first kappa shape index (κ1) is 22.7. The van der Waals surface area contributed by atoms with Crippen molar-refractivity contribution >= 4 is 43.2 Å². The van der Waals surface area contributed by atoms with Crippen molar-refractivity contribution in [1.82, 2.24) is 9.29 Å².